The fourth-order valence-electron chi connectivity index (χ4n) is 7.16. The van der Waals surface area contributed by atoms with Crippen LogP contribution >= 0.6 is 11.6 Å². The highest BCUT2D eigenvalue weighted by atomic mass is 35.5. The fraction of sp³-hybridized carbons (Fsp3) is 0.517. The molecule has 2 aromatic rings. The number of sulfone groups is 1. The van der Waals surface area contributed by atoms with Crippen molar-refractivity contribution in [2.24, 2.45) is 11.8 Å². The van der Waals surface area contributed by atoms with Gasteiger partial charge in [-0.1, -0.05) is 35.9 Å². The summed E-state index contributed by atoms with van der Waals surface area (Å²) in [5.41, 5.74) is -7.71. The lowest BCUT2D eigenvalue weighted by Crippen LogP contribution is -2.53. The summed E-state index contributed by atoms with van der Waals surface area (Å²) in [6, 6.07) is 5.72. The molecule has 0 aromatic heterocycles. The number of carbonyl (C=O) groups excluding carboxylic acids is 1. The molecule has 2 atom stereocenters. The van der Waals surface area contributed by atoms with Crippen molar-refractivity contribution < 1.29 is 53.8 Å². The topological polar surface area (TPSA) is 91.8 Å². The molecular weight excluding hydrogens is 643 g/mol. The normalized spacial score (nSPS) is 26.2. The number of carbonyl (C=O) groups is 2. The highest BCUT2D eigenvalue weighted by Crippen LogP contribution is 2.57. The molecule has 2 aromatic carbocycles. The molecule has 1 amide bonds. The van der Waals surface area contributed by atoms with Gasteiger partial charge in [0, 0.05) is 23.0 Å². The summed E-state index contributed by atoms with van der Waals surface area (Å²) in [6.07, 6.45) is -12.2. The molecule has 6 nitrogen and oxygen atoms in total. The van der Waals surface area contributed by atoms with Gasteiger partial charge in [-0.3, -0.25) is 9.59 Å². The maximum Gasteiger partial charge on any atom is 0.435 e. The molecule has 240 valence electrons. The molecule has 1 N–H and O–H groups in total. The number of alkyl halides is 7. The van der Waals surface area contributed by atoms with Crippen LogP contribution in [0.5, 0.6) is 0 Å². The quantitative estimate of drug-likeness (QED) is 0.357. The van der Waals surface area contributed by atoms with E-state index in [1.807, 2.05) is 0 Å². The molecule has 2 fully saturated rings. The zero-order valence-electron chi connectivity index (χ0n) is 22.9. The Labute approximate surface area is 253 Å². The zero-order valence-corrected chi connectivity index (χ0v) is 24.5. The van der Waals surface area contributed by atoms with Gasteiger partial charge >= 0.3 is 24.0 Å². The lowest BCUT2D eigenvalue weighted by molar-refractivity contribution is -0.348. The number of nitrogens with zero attached hydrogens (tertiary/aromatic N) is 1. The summed E-state index contributed by atoms with van der Waals surface area (Å²) in [6.45, 7) is -0.0818. The molecule has 15 heteroatoms. The van der Waals surface area contributed by atoms with Gasteiger partial charge < -0.3 is 10.0 Å². The summed E-state index contributed by atoms with van der Waals surface area (Å²) < 4.78 is 123. The van der Waals surface area contributed by atoms with Crippen molar-refractivity contribution in [2.75, 3.05) is 6.54 Å². The van der Waals surface area contributed by atoms with Crippen molar-refractivity contribution >= 4 is 33.3 Å². The van der Waals surface area contributed by atoms with Crippen LogP contribution in [0.4, 0.5) is 30.7 Å². The largest absolute Gasteiger partial charge is 0.481 e. The van der Waals surface area contributed by atoms with E-state index in [-0.39, 0.29) is 78.4 Å². The highest BCUT2D eigenvalue weighted by Gasteiger charge is 2.74. The van der Waals surface area contributed by atoms with E-state index in [9.17, 15) is 53.8 Å². The minimum atomic E-state index is -6.35. The maximum atomic E-state index is 15.0. The van der Waals surface area contributed by atoms with Crippen LogP contribution in [0.15, 0.2) is 47.4 Å². The smallest absolute Gasteiger partial charge is 0.435 e. The number of fused-ring (bicyclic) bond motifs is 3. The molecule has 1 heterocycles. The van der Waals surface area contributed by atoms with Crippen LogP contribution in [-0.4, -0.2) is 55.2 Å². The maximum absolute atomic E-state index is 15.0. The van der Waals surface area contributed by atoms with E-state index in [0.29, 0.717) is 12.1 Å². The molecule has 1 aliphatic heterocycles. The van der Waals surface area contributed by atoms with Crippen molar-refractivity contribution in [2.45, 2.75) is 78.7 Å². The zero-order chi connectivity index (χ0) is 32.5. The number of aliphatic carboxylic acids is 1. The number of likely N-dealkylation sites (tertiary alicyclic amines) is 1. The fourth-order valence-corrected chi connectivity index (χ4v) is 9.83. The first-order valence-electron chi connectivity index (χ1n) is 13.9. The summed E-state index contributed by atoms with van der Waals surface area (Å²) >= 11 is 6.08. The predicted octanol–water partition coefficient (Wildman–Crippen LogP) is 6.74. The van der Waals surface area contributed by atoms with Crippen LogP contribution in [0, 0.1) is 11.8 Å². The minimum Gasteiger partial charge on any atom is -0.481 e. The van der Waals surface area contributed by atoms with Gasteiger partial charge in [0.2, 0.25) is 5.91 Å². The van der Waals surface area contributed by atoms with E-state index in [1.54, 1.807) is 0 Å². The molecule has 2 aliphatic carbocycles. The predicted molar refractivity (Wildman–Crippen MR) is 143 cm³/mol. The van der Waals surface area contributed by atoms with Crippen LogP contribution in [0.2, 0.25) is 5.02 Å². The van der Waals surface area contributed by atoms with Crippen LogP contribution in [0.25, 0.3) is 0 Å². The number of halogens is 8. The van der Waals surface area contributed by atoms with Gasteiger partial charge in [0.25, 0.3) is 0 Å². The van der Waals surface area contributed by atoms with E-state index in [1.165, 1.54) is 29.2 Å². The number of hydrogen-bond acceptors (Lipinski definition) is 4. The Morgan fingerprint density at radius 3 is 2.07 bits per heavy atom. The van der Waals surface area contributed by atoms with Crippen LogP contribution in [0.1, 0.15) is 55.2 Å². The number of benzene rings is 2. The average molecular weight is 670 g/mol. The van der Waals surface area contributed by atoms with Gasteiger partial charge in [-0.2, -0.15) is 26.3 Å². The molecule has 0 spiro atoms. The number of aryl methyl sites for hydroxylation is 1. The second-order valence-corrected chi connectivity index (χ2v) is 14.2. The molecule has 1 saturated carbocycles. The van der Waals surface area contributed by atoms with Crippen LogP contribution in [0.3, 0.4) is 0 Å². The first-order valence-corrected chi connectivity index (χ1v) is 15.7. The second-order valence-electron chi connectivity index (χ2n) is 11.6. The van der Waals surface area contributed by atoms with Crippen molar-refractivity contribution in [1.82, 2.24) is 4.90 Å². The Hall–Kier alpha value is -2.87. The summed E-state index contributed by atoms with van der Waals surface area (Å²) in [5.74, 6) is -2.55. The van der Waals surface area contributed by atoms with Crippen molar-refractivity contribution in [1.29, 1.82) is 0 Å². The average Bonchev–Trinajstić information content (AvgIpc) is 3.36. The van der Waals surface area contributed by atoms with Crippen LogP contribution in [-0.2, 0) is 36.3 Å². The minimum absolute atomic E-state index is 0.0593. The van der Waals surface area contributed by atoms with E-state index in [0.717, 1.165) is 6.07 Å². The Bertz CT molecular complexity index is 1570. The molecule has 5 rings (SSSR count). The van der Waals surface area contributed by atoms with Crippen molar-refractivity contribution in [3.63, 3.8) is 0 Å². The number of hydrogen-bond donors (Lipinski definition) is 1. The van der Waals surface area contributed by atoms with Crippen molar-refractivity contribution in [3.8, 4) is 0 Å². The third-order valence-electron chi connectivity index (χ3n) is 9.36. The van der Waals surface area contributed by atoms with Crippen LogP contribution < -0.4 is 0 Å². The Kier molecular flexibility index (Phi) is 8.05. The van der Waals surface area contributed by atoms with Gasteiger partial charge in [-0.25, -0.2) is 12.8 Å². The Morgan fingerprint density at radius 2 is 1.50 bits per heavy atom. The Balaban J connectivity index is 1.63. The first-order chi connectivity index (χ1) is 20.4. The summed E-state index contributed by atoms with van der Waals surface area (Å²) in [5, 5.41) is 9.37. The third kappa shape index (κ3) is 4.87. The van der Waals surface area contributed by atoms with E-state index in [4.69, 9.17) is 11.6 Å². The highest BCUT2D eigenvalue weighted by molar-refractivity contribution is 7.92. The first kappa shape index (κ1) is 32.5. The SMILES string of the molecule is O=C(O)C1CCC(C(=O)N2CCC3(S(=O)(=O)c4cccc(Cl)c4)c4ccc(C(F)(C(F)(F)F)C(F)(F)F)cc4CCC23)CC1. The second kappa shape index (κ2) is 10.9. The molecule has 0 bridgehead atoms. The molecular formula is C29H27ClF7NO5S. The number of amides is 1. The van der Waals surface area contributed by atoms with Gasteiger partial charge in [-0.05, 0) is 74.3 Å². The van der Waals surface area contributed by atoms with E-state index >= 15 is 0 Å². The van der Waals surface area contributed by atoms with Crippen molar-refractivity contribution in [3.05, 3.63) is 64.2 Å². The monoisotopic (exact) mass is 669 g/mol. The third-order valence-corrected chi connectivity index (χ3v) is 12.1. The summed E-state index contributed by atoms with van der Waals surface area (Å²) in [4.78, 5) is 26.3. The molecule has 1 saturated heterocycles. The lowest BCUT2D eigenvalue weighted by Gasteiger charge is -2.44. The number of carboxylic acids is 1. The number of rotatable bonds is 5. The van der Waals surface area contributed by atoms with E-state index < -0.39 is 62.0 Å². The van der Waals surface area contributed by atoms with Gasteiger partial charge in [-0.15, -0.1) is 0 Å². The molecule has 2 unspecified atom stereocenters. The molecule has 0 radical (unpaired) electrons. The van der Waals surface area contributed by atoms with E-state index in [2.05, 4.69) is 0 Å². The lowest BCUT2D eigenvalue weighted by atomic mass is 9.76. The Morgan fingerprint density at radius 1 is 0.886 bits per heavy atom. The molecule has 3 aliphatic rings. The number of carboxylic acid groups (broad SMARTS) is 1. The standard InChI is InChI=1S/C29H27ClF7NO5S/c30-20-2-1-3-21(15-20)44(42,43)26-12-13-38(24(39)16-4-6-17(7-5-16)25(40)41)23(26)11-8-18-14-19(9-10-22(18)26)27(31,28(32,33)34)29(35,36)37/h1-3,9-10,14-17,23H,4-8,11-13H2,(H,40,41). The van der Waals surface area contributed by atoms with Gasteiger partial charge in [0.15, 0.2) is 9.84 Å². The molecule has 44 heavy (non-hydrogen) atoms. The van der Waals surface area contributed by atoms with Gasteiger partial charge in [0.1, 0.15) is 4.75 Å². The van der Waals surface area contributed by atoms with Gasteiger partial charge in [0.05, 0.1) is 16.9 Å². The summed E-state index contributed by atoms with van der Waals surface area (Å²) in [7, 11) is -4.51.